The van der Waals surface area contributed by atoms with Gasteiger partial charge in [-0.15, -0.1) is 0 Å². The molecule has 0 aliphatic carbocycles. The molecule has 0 saturated carbocycles. The van der Waals surface area contributed by atoms with Gasteiger partial charge in [-0.3, -0.25) is 4.79 Å². The van der Waals surface area contributed by atoms with Gasteiger partial charge in [-0.2, -0.15) is 0 Å². The molecule has 0 fully saturated rings. The third kappa shape index (κ3) is 3.93. The summed E-state index contributed by atoms with van der Waals surface area (Å²) in [5.41, 5.74) is 0.351. The molecule has 0 amide bonds. The van der Waals surface area contributed by atoms with Crippen molar-refractivity contribution < 1.29 is 25.2 Å². The largest absolute Gasteiger partial charge is 0.504 e. The highest BCUT2D eigenvalue weighted by Crippen LogP contribution is 2.48. The number of phenols is 4. The van der Waals surface area contributed by atoms with Crippen LogP contribution in [0.25, 0.3) is 0 Å². The van der Waals surface area contributed by atoms with E-state index >= 15 is 0 Å². The third-order valence-electron chi connectivity index (χ3n) is 4.80. The van der Waals surface area contributed by atoms with Gasteiger partial charge in [-0.1, -0.05) is 69.9 Å². The number of unbranched alkanes of at least 4 members (excludes halogenated alkanes) is 1. The predicted molar refractivity (Wildman–Crippen MR) is 100.0 cm³/mol. The van der Waals surface area contributed by atoms with Crippen molar-refractivity contribution in [1.29, 1.82) is 0 Å². The predicted octanol–water partition coefficient (Wildman–Crippen LogP) is 4.50. The zero-order valence-electron chi connectivity index (χ0n) is 15.2. The Kier molecular flexibility index (Phi) is 6.50. The highest BCUT2D eigenvalue weighted by Gasteiger charge is 2.29. The molecule has 2 aromatic carbocycles. The molecule has 5 heteroatoms. The molecule has 0 radical (unpaired) electrons. The van der Waals surface area contributed by atoms with E-state index < -0.39 is 28.8 Å². The molecule has 0 heterocycles. The van der Waals surface area contributed by atoms with Gasteiger partial charge < -0.3 is 20.4 Å². The molecule has 0 bridgehead atoms. The summed E-state index contributed by atoms with van der Waals surface area (Å²) in [6.07, 6.45) is 4.12. The normalized spacial score (nSPS) is 12.1. The number of hydrogen-bond acceptors (Lipinski definition) is 5. The second-order valence-corrected chi connectivity index (χ2v) is 6.56. The van der Waals surface area contributed by atoms with E-state index in [4.69, 9.17) is 0 Å². The molecule has 26 heavy (non-hydrogen) atoms. The van der Waals surface area contributed by atoms with Crippen LogP contribution in [0.2, 0.25) is 0 Å². The van der Waals surface area contributed by atoms with Gasteiger partial charge in [0.2, 0.25) is 11.5 Å². The zero-order valence-corrected chi connectivity index (χ0v) is 15.2. The second-order valence-electron chi connectivity index (χ2n) is 6.56. The van der Waals surface area contributed by atoms with Crippen molar-refractivity contribution in [2.45, 2.75) is 46.0 Å². The van der Waals surface area contributed by atoms with Gasteiger partial charge in [-0.05, 0) is 12.3 Å². The van der Waals surface area contributed by atoms with Gasteiger partial charge >= 0.3 is 0 Å². The van der Waals surface area contributed by atoms with E-state index in [1.807, 2.05) is 6.92 Å². The first-order valence-electron chi connectivity index (χ1n) is 9.00. The minimum Gasteiger partial charge on any atom is -0.504 e. The van der Waals surface area contributed by atoms with Crippen molar-refractivity contribution in [2.24, 2.45) is 5.92 Å². The lowest BCUT2D eigenvalue weighted by Gasteiger charge is -2.20. The van der Waals surface area contributed by atoms with Gasteiger partial charge in [-0.25, -0.2) is 0 Å². The summed E-state index contributed by atoms with van der Waals surface area (Å²) >= 11 is 0. The Morgan fingerprint density at radius 3 is 2.12 bits per heavy atom. The van der Waals surface area contributed by atoms with Crippen LogP contribution in [0.4, 0.5) is 0 Å². The summed E-state index contributed by atoms with van der Waals surface area (Å²) in [6.45, 7) is 4.11. The molecule has 0 spiro atoms. The Balaban J connectivity index is 2.56. The number of phenolic OH excluding ortho intramolecular Hbond substituents is 4. The fourth-order valence-electron chi connectivity index (χ4n) is 3.16. The minimum atomic E-state index is -0.882. The highest BCUT2D eigenvalue weighted by molar-refractivity contribution is 6.12. The maximum Gasteiger partial charge on any atom is 0.205 e. The van der Waals surface area contributed by atoms with Gasteiger partial charge in [0.15, 0.2) is 17.3 Å². The number of benzene rings is 2. The molecular weight excluding hydrogens is 332 g/mol. The molecule has 0 aliphatic heterocycles. The molecule has 0 aromatic heterocycles. The van der Waals surface area contributed by atoms with Gasteiger partial charge in [0.05, 0.1) is 5.56 Å². The van der Waals surface area contributed by atoms with Crippen molar-refractivity contribution in [2.75, 3.05) is 0 Å². The van der Waals surface area contributed by atoms with Gasteiger partial charge in [0.25, 0.3) is 0 Å². The molecule has 1 atom stereocenters. The standard InChI is InChI=1S/C21H26O5/c1-3-5-9-13(4-2)12-15-16(17(22)14-10-7-6-8-11-14)19(24)21(26)20(25)18(15)23/h6-8,10-11,13,23-26H,3-5,9,12H2,1-2H3. The first kappa shape index (κ1) is 19.6. The average Bonchev–Trinajstić information content (AvgIpc) is 2.67. The quantitative estimate of drug-likeness (QED) is 0.316. The summed E-state index contributed by atoms with van der Waals surface area (Å²) < 4.78 is 0. The lowest BCUT2D eigenvalue weighted by atomic mass is 9.86. The molecule has 5 nitrogen and oxygen atoms in total. The highest BCUT2D eigenvalue weighted by atomic mass is 16.3. The molecule has 0 saturated heterocycles. The Morgan fingerprint density at radius 2 is 1.54 bits per heavy atom. The summed E-state index contributed by atoms with van der Waals surface area (Å²) in [4.78, 5) is 12.9. The topological polar surface area (TPSA) is 98.0 Å². The number of aromatic hydroxyl groups is 4. The lowest BCUT2D eigenvalue weighted by Crippen LogP contribution is -2.11. The second kappa shape index (κ2) is 8.61. The number of carbonyl (C=O) groups is 1. The first-order valence-corrected chi connectivity index (χ1v) is 9.00. The summed E-state index contributed by atoms with van der Waals surface area (Å²) in [5, 5.41) is 40.6. The van der Waals surface area contributed by atoms with E-state index in [1.165, 1.54) is 0 Å². The smallest absolute Gasteiger partial charge is 0.205 e. The fraction of sp³-hybridized carbons (Fsp3) is 0.381. The van der Waals surface area contributed by atoms with E-state index in [9.17, 15) is 25.2 Å². The molecule has 0 aliphatic rings. The Hall–Kier alpha value is -2.69. The fourth-order valence-corrected chi connectivity index (χ4v) is 3.16. The Labute approximate surface area is 153 Å². The van der Waals surface area contributed by atoms with Gasteiger partial charge in [0, 0.05) is 11.1 Å². The Morgan fingerprint density at radius 1 is 0.923 bits per heavy atom. The maximum atomic E-state index is 12.9. The van der Waals surface area contributed by atoms with E-state index in [2.05, 4.69) is 6.92 Å². The van der Waals surface area contributed by atoms with Crippen molar-refractivity contribution in [3.8, 4) is 23.0 Å². The minimum absolute atomic E-state index is 0.154. The summed E-state index contributed by atoms with van der Waals surface area (Å²) in [7, 11) is 0. The Bertz CT molecular complexity index is 768. The molecule has 1 unspecified atom stereocenters. The summed E-state index contributed by atoms with van der Waals surface area (Å²) in [6, 6.07) is 8.35. The van der Waals surface area contributed by atoms with Crippen LogP contribution in [-0.4, -0.2) is 26.2 Å². The van der Waals surface area contributed by atoms with Gasteiger partial charge in [0.1, 0.15) is 0 Å². The number of rotatable bonds is 8. The van der Waals surface area contributed by atoms with Crippen molar-refractivity contribution >= 4 is 5.78 Å². The molecule has 2 rings (SSSR count). The first-order chi connectivity index (χ1) is 12.4. The van der Waals surface area contributed by atoms with E-state index in [0.717, 1.165) is 25.7 Å². The number of ketones is 1. The maximum absolute atomic E-state index is 12.9. The van der Waals surface area contributed by atoms with Crippen LogP contribution in [0, 0.1) is 5.92 Å². The average molecular weight is 358 g/mol. The van der Waals surface area contributed by atoms with Crippen LogP contribution >= 0.6 is 0 Å². The van der Waals surface area contributed by atoms with Crippen LogP contribution in [0.15, 0.2) is 30.3 Å². The van der Waals surface area contributed by atoms with Crippen molar-refractivity contribution in [3.05, 3.63) is 47.0 Å². The molecule has 2 aromatic rings. The van der Waals surface area contributed by atoms with Crippen LogP contribution in [-0.2, 0) is 6.42 Å². The molecular formula is C21H26O5. The zero-order chi connectivity index (χ0) is 19.3. The van der Waals surface area contributed by atoms with Crippen LogP contribution in [0.3, 0.4) is 0 Å². The number of hydrogen-bond donors (Lipinski definition) is 4. The van der Waals surface area contributed by atoms with Crippen LogP contribution < -0.4 is 0 Å². The molecule has 140 valence electrons. The number of carbonyl (C=O) groups excluding carboxylic acids is 1. The SMILES string of the molecule is CCCCC(CC)Cc1c(O)c(O)c(O)c(O)c1C(=O)c1ccccc1. The van der Waals surface area contributed by atoms with E-state index in [1.54, 1.807) is 30.3 Å². The van der Waals surface area contributed by atoms with E-state index in [-0.39, 0.29) is 17.0 Å². The van der Waals surface area contributed by atoms with Crippen LogP contribution in [0.5, 0.6) is 23.0 Å². The monoisotopic (exact) mass is 358 g/mol. The van der Waals surface area contributed by atoms with Crippen molar-refractivity contribution in [1.82, 2.24) is 0 Å². The molecule has 4 N–H and O–H groups in total. The third-order valence-corrected chi connectivity index (χ3v) is 4.80. The van der Waals surface area contributed by atoms with Crippen LogP contribution in [0.1, 0.15) is 61.0 Å². The van der Waals surface area contributed by atoms with E-state index in [0.29, 0.717) is 12.0 Å². The summed E-state index contributed by atoms with van der Waals surface area (Å²) in [5.74, 6) is -3.25. The lowest BCUT2D eigenvalue weighted by molar-refractivity contribution is 0.103. The van der Waals surface area contributed by atoms with Crippen molar-refractivity contribution in [3.63, 3.8) is 0 Å².